The molecule has 102 valence electrons. The summed E-state index contributed by atoms with van der Waals surface area (Å²) in [7, 11) is 1.69. The van der Waals surface area contributed by atoms with E-state index in [1.807, 2.05) is 23.9 Å². The van der Waals surface area contributed by atoms with Gasteiger partial charge in [-0.3, -0.25) is 0 Å². The smallest absolute Gasteiger partial charge is 0.178 e. The number of hydrogen-bond donors (Lipinski definition) is 1. The molecule has 3 rings (SSSR count). The SMILES string of the molecule is COc1cccc2c1[nH]c(=S)n2CC1(SC)CCC1. The molecule has 5 heteroatoms. The predicted molar refractivity (Wildman–Crippen MR) is 83.8 cm³/mol. The van der Waals surface area contributed by atoms with Crippen LogP contribution in [-0.4, -0.2) is 27.7 Å². The largest absolute Gasteiger partial charge is 0.494 e. The van der Waals surface area contributed by atoms with Crippen molar-refractivity contribution in [2.24, 2.45) is 0 Å². The van der Waals surface area contributed by atoms with Crippen LogP contribution in [0.2, 0.25) is 0 Å². The number of imidazole rings is 1. The molecule has 3 nitrogen and oxygen atoms in total. The minimum absolute atomic E-state index is 0.371. The van der Waals surface area contributed by atoms with Crippen molar-refractivity contribution in [1.29, 1.82) is 0 Å². The van der Waals surface area contributed by atoms with Gasteiger partial charge in [0.1, 0.15) is 11.3 Å². The lowest BCUT2D eigenvalue weighted by Gasteiger charge is -2.40. The van der Waals surface area contributed by atoms with Crippen molar-refractivity contribution in [2.75, 3.05) is 13.4 Å². The summed E-state index contributed by atoms with van der Waals surface area (Å²) in [6, 6.07) is 6.09. The van der Waals surface area contributed by atoms with E-state index in [1.165, 1.54) is 19.3 Å². The summed E-state index contributed by atoms with van der Waals surface area (Å²) in [5.74, 6) is 0.856. The van der Waals surface area contributed by atoms with Gasteiger partial charge in [-0.1, -0.05) is 12.5 Å². The quantitative estimate of drug-likeness (QED) is 0.865. The van der Waals surface area contributed by atoms with Gasteiger partial charge in [-0.15, -0.1) is 0 Å². The average molecular weight is 294 g/mol. The van der Waals surface area contributed by atoms with Crippen molar-refractivity contribution in [3.05, 3.63) is 23.0 Å². The van der Waals surface area contributed by atoms with Crippen molar-refractivity contribution < 1.29 is 4.74 Å². The summed E-state index contributed by atoms with van der Waals surface area (Å²) in [5, 5.41) is 0. The molecule has 0 atom stereocenters. The van der Waals surface area contributed by atoms with Crippen LogP contribution in [0, 0.1) is 4.77 Å². The molecule has 0 unspecified atom stereocenters. The number of para-hydroxylation sites is 1. The predicted octanol–water partition coefficient (Wildman–Crippen LogP) is 3.99. The topological polar surface area (TPSA) is 29.9 Å². The number of thioether (sulfide) groups is 1. The summed E-state index contributed by atoms with van der Waals surface area (Å²) in [6.07, 6.45) is 6.11. The molecular formula is C14H18N2OS2. The highest BCUT2D eigenvalue weighted by molar-refractivity contribution is 8.00. The molecule has 2 aromatic rings. The van der Waals surface area contributed by atoms with Gasteiger partial charge in [0.15, 0.2) is 4.77 Å². The van der Waals surface area contributed by atoms with E-state index in [4.69, 9.17) is 17.0 Å². The Morgan fingerprint density at radius 2 is 2.26 bits per heavy atom. The van der Waals surface area contributed by atoms with Gasteiger partial charge in [-0.2, -0.15) is 11.8 Å². The van der Waals surface area contributed by atoms with Crippen LogP contribution in [0.25, 0.3) is 11.0 Å². The van der Waals surface area contributed by atoms with E-state index < -0.39 is 0 Å². The second kappa shape index (κ2) is 4.87. The average Bonchev–Trinajstić information content (AvgIpc) is 2.69. The molecule has 0 bridgehead atoms. The molecular weight excluding hydrogens is 276 g/mol. The fourth-order valence-corrected chi connectivity index (χ4v) is 3.99. The van der Waals surface area contributed by atoms with Crippen LogP contribution in [0.5, 0.6) is 5.75 Å². The second-order valence-corrected chi connectivity index (χ2v) is 6.77. The fraction of sp³-hybridized carbons (Fsp3) is 0.500. The van der Waals surface area contributed by atoms with Crippen molar-refractivity contribution in [2.45, 2.75) is 30.6 Å². The third kappa shape index (κ3) is 2.09. The summed E-state index contributed by atoms with van der Waals surface area (Å²) in [4.78, 5) is 3.28. The van der Waals surface area contributed by atoms with Crippen molar-refractivity contribution in [1.82, 2.24) is 9.55 Å². The maximum Gasteiger partial charge on any atom is 0.178 e. The Morgan fingerprint density at radius 1 is 1.47 bits per heavy atom. The first-order valence-electron chi connectivity index (χ1n) is 6.50. The molecule has 1 aromatic carbocycles. The van der Waals surface area contributed by atoms with Gasteiger partial charge in [0.05, 0.1) is 12.6 Å². The molecule has 1 N–H and O–H groups in total. The number of H-pyrrole nitrogens is 1. The van der Waals surface area contributed by atoms with Crippen LogP contribution < -0.4 is 4.74 Å². The molecule has 0 spiro atoms. The number of nitrogens with zero attached hydrogens (tertiary/aromatic N) is 1. The number of nitrogens with one attached hydrogen (secondary N) is 1. The number of fused-ring (bicyclic) bond motifs is 1. The standard InChI is InChI=1S/C14H18N2OS2/c1-17-11-6-3-5-10-12(11)15-13(18)16(10)9-14(19-2)7-4-8-14/h3,5-6H,4,7-9H2,1-2H3,(H,15,18). The normalized spacial score (nSPS) is 17.4. The van der Waals surface area contributed by atoms with Gasteiger partial charge in [-0.25, -0.2) is 0 Å². The van der Waals surface area contributed by atoms with E-state index in [0.717, 1.165) is 28.1 Å². The second-order valence-electron chi connectivity index (χ2n) is 5.11. The van der Waals surface area contributed by atoms with E-state index >= 15 is 0 Å². The fourth-order valence-electron chi connectivity index (χ4n) is 2.77. The summed E-state index contributed by atoms with van der Waals surface area (Å²) in [6.45, 7) is 0.986. The number of aromatic nitrogens is 2. The lowest BCUT2D eigenvalue weighted by Crippen LogP contribution is -2.37. The zero-order valence-corrected chi connectivity index (χ0v) is 12.9. The first kappa shape index (κ1) is 13.1. The van der Waals surface area contributed by atoms with Gasteiger partial charge >= 0.3 is 0 Å². The number of hydrogen-bond acceptors (Lipinski definition) is 3. The summed E-state index contributed by atoms with van der Waals surface area (Å²) >= 11 is 7.46. The van der Waals surface area contributed by atoms with Crippen LogP contribution in [0.4, 0.5) is 0 Å². The molecule has 1 aromatic heterocycles. The van der Waals surface area contributed by atoms with Crippen LogP contribution in [-0.2, 0) is 6.54 Å². The van der Waals surface area contributed by atoms with E-state index in [-0.39, 0.29) is 0 Å². The van der Waals surface area contributed by atoms with E-state index in [1.54, 1.807) is 7.11 Å². The zero-order chi connectivity index (χ0) is 13.5. The Bertz CT molecular complexity index is 649. The lowest BCUT2D eigenvalue weighted by atomic mass is 9.84. The molecule has 0 saturated heterocycles. The molecule has 19 heavy (non-hydrogen) atoms. The molecule has 1 fully saturated rings. The number of benzene rings is 1. The first-order valence-corrected chi connectivity index (χ1v) is 8.13. The molecule has 0 amide bonds. The summed E-state index contributed by atoms with van der Waals surface area (Å²) < 4.78 is 8.78. The molecule has 1 aliphatic carbocycles. The van der Waals surface area contributed by atoms with Gasteiger partial charge < -0.3 is 14.3 Å². The third-order valence-electron chi connectivity index (χ3n) is 4.14. The van der Waals surface area contributed by atoms with E-state index in [9.17, 15) is 0 Å². The summed E-state index contributed by atoms with van der Waals surface area (Å²) in [5.41, 5.74) is 2.15. The van der Waals surface area contributed by atoms with E-state index in [2.05, 4.69) is 21.9 Å². The Kier molecular flexibility index (Phi) is 3.35. The maximum absolute atomic E-state index is 5.49. The van der Waals surface area contributed by atoms with Gasteiger partial charge in [0.2, 0.25) is 0 Å². The van der Waals surface area contributed by atoms with Crippen LogP contribution in [0.3, 0.4) is 0 Å². The molecule has 1 saturated carbocycles. The Hall–Kier alpha value is -0.940. The van der Waals surface area contributed by atoms with Crippen molar-refractivity contribution in [3.63, 3.8) is 0 Å². The van der Waals surface area contributed by atoms with E-state index in [0.29, 0.717) is 4.75 Å². The highest BCUT2D eigenvalue weighted by Crippen LogP contribution is 2.44. The maximum atomic E-state index is 5.49. The van der Waals surface area contributed by atoms with Crippen LogP contribution in [0.1, 0.15) is 19.3 Å². The molecule has 1 heterocycles. The zero-order valence-electron chi connectivity index (χ0n) is 11.2. The Labute approximate surface area is 122 Å². The molecule has 0 radical (unpaired) electrons. The van der Waals surface area contributed by atoms with Gasteiger partial charge in [-0.05, 0) is 43.4 Å². The van der Waals surface area contributed by atoms with Crippen LogP contribution >= 0.6 is 24.0 Å². The minimum Gasteiger partial charge on any atom is -0.494 e. The molecule has 0 aliphatic heterocycles. The monoisotopic (exact) mass is 294 g/mol. The minimum atomic E-state index is 0.371. The number of rotatable bonds is 4. The van der Waals surface area contributed by atoms with Gasteiger partial charge in [0, 0.05) is 11.3 Å². The highest BCUT2D eigenvalue weighted by Gasteiger charge is 2.37. The number of methoxy groups -OCH3 is 1. The number of ether oxygens (including phenoxy) is 1. The Morgan fingerprint density at radius 3 is 2.84 bits per heavy atom. The van der Waals surface area contributed by atoms with Crippen LogP contribution in [0.15, 0.2) is 18.2 Å². The highest BCUT2D eigenvalue weighted by atomic mass is 32.2. The lowest BCUT2D eigenvalue weighted by molar-refractivity contribution is 0.323. The molecule has 1 aliphatic rings. The van der Waals surface area contributed by atoms with Crippen molar-refractivity contribution >= 4 is 35.0 Å². The Balaban J connectivity index is 2.08. The van der Waals surface area contributed by atoms with Crippen molar-refractivity contribution in [3.8, 4) is 5.75 Å². The number of aromatic amines is 1. The third-order valence-corrected chi connectivity index (χ3v) is 5.86. The van der Waals surface area contributed by atoms with Gasteiger partial charge in [0.25, 0.3) is 0 Å². The first-order chi connectivity index (χ1) is 9.19.